The molecule has 0 radical (unpaired) electrons. The van der Waals surface area contributed by atoms with E-state index in [0.29, 0.717) is 25.6 Å². The van der Waals surface area contributed by atoms with Crippen molar-refractivity contribution in [3.05, 3.63) is 17.7 Å². The van der Waals surface area contributed by atoms with E-state index in [0.717, 1.165) is 12.8 Å². The van der Waals surface area contributed by atoms with Gasteiger partial charge in [-0.05, 0) is 18.8 Å². The molecule has 1 aliphatic rings. The number of rotatable bonds is 4. The van der Waals surface area contributed by atoms with Gasteiger partial charge in [-0.15, -0.1) is 0 Å². The highest BCUT2D eigenvalue weighted by molar-refractivity contribution is 6.02. The van der Waals surface area contributed by atoms with Crippen LogP contribution in [0, 0.1) is 5.92 Å². The van der Waals surface area contributed by atoms with Crippen molar-refractivity contribution < 1.29 is 19.4 Å². The summed E-state index contributed by atoms with van der Waals surface area (Å²) in [4.78, 5) is 31.1. The first-order chi connectivity index (χ1) is 9.13. The van der Waals surface area contributed by atoms with Gasteiger partial charge in [0, 0.05) is 26.8 Å². The second-order valence-corrected chi connectivity index (χ2v) is 4.62. The first-order valence-electron chi connectivity index (χ1n) is 6.18. The average molecular weight is 267 g/mol. The summed E-state index contributed by atoms with van der Waals surface area (Å²) in [5.41, 5.74) is -0.165. The van der Waals surface area contributed by atoms with E-state index in [4.69, 9.17) is 9.84 Å². The molecule has 2 rings (SSSR count). The zero-order chi connectivity index (χ0) is 13.8. The summed E-state index contributed by atoms with van der Waals surface area (Å²) in [5, 5.41) is 8.96. The fraction of sp³-hybridized carbons (Fsp3) is 0.583. The number of aromatic carboxylic acids is 1. The lowest BCUT2D eigenvalue weighted by Crippen LogP contribution is -2.40. The number of hydrogen-bond donors (Lipinski definition) is 2. The second kappa shape index (κ2) is 5.83. The number of imidazole rings is 1. The smallest absolute Gasteiger partial charge is 0.354 e. The number of nitrogens with zero attached hydrogens (tertiary/aromatic N) is 2. The largest absolute Gasteiger partial charge is 0.477 e. The number of carbonyl (C=O) groups excluding carboxylic acids is 1. The number of methoxy groups -OCH3 is 1. The van der Waals surface area contributed by atoms with Gasteiger partial charge in [0.1, 0.15) is 0 Å². The van der Waals surface area contributed by atoms with Crippen molar-refractivity contribution in [2.45, 2.75) is 12.8 Å². The Morgan fingerprint density at radius 3 is 2.79 bits per heavy atom. The molecular formula is C12H17N3O4. The molecule has 1 aromatic heterocycles. The number of carbonyl (C=O) groups is 2. The topological polar surface area (TPSA) is 95.5 Å². The maximum absolute atomic E-state index is 12.2. The first-order valence-corrected chi connectivity index (χ1v) is 6.18. The Morgan fingerprint density at radius 2 is 2.21 bits per heavy atom. The number of piperidine rings is 1. The maximum Gasteiger partial charge on any atom is 0.354 e. The van der Waals surface area contributed by atoms with Crippen molar-refractivity contribution in [2.75, 3.05) is 26.8 Å². The van der Waals surface area contributed by atoms with Crippen LogP contribution >= 0.6 is 0 Å². The van der Waals surface area contributed by atoms with Crippen LogP contribution in [0.1, 0.15) is 33.8 Å². The minimum atomic E-state index is -1.17. The Morgan fingerprint density at radius 1 is 1.53 bits per heavy atom. The van der Waals surface area contributed by atoms with Crippen LogP contribution in [-0.4, -0.2) is 58.7 Å². The Labute approximate surface area is 110 Å². The SMILES string of the molecule is COCC1CCN(C(=O)c2nc[nH]c2C(=O)O)CC1. The van der Waals surface area contributed by atoms with Crippen molar-refractivity contribution in [1.29, 1.82) is 0 Å². The monoisotopic (exact) mass is 267 g/mol. The number of carboxylic acids is 1. The molecule has 0 aliphatic carbocycles. The number of aromatic amines is 1. The van der Waals surface area contributed by atoms with Crippen LogP contribution in [0.4, 0.5) is 0 Å². The Kier molecular flexibility index (Phi) is 4.16. The average Bonchev–Trinajstić information content (AvgIpc) is 2.88. The molecule has 0 unspecified atom stereocenters. The normalized spacial score (nSPS) is 16.6. The Bertz CT molecular complexity index is 463. The highest BCUT2D eigenvalue weighted by Crippen LogP contribution is 2.19. The van der Waals surface area contributed by atoms with E-state index >= 15 is 0 Å². The van der Waals surface area contributed by atoms with Gasteiger partial charge < -0.3 is 19.7 Å². The summed E-state index contributed by atoms with van der Waals surface area (Å²) in [6, 6.07) is 0. The second-order valence-electron chi connectivity index (χ2n) is 4.62. The molecule has 1 saturated heterocycles. The van der Waals surface area contributed by atoms with Crippen molar-refractivity contribution in [3.63, 3.8) is 0 Å². The minimum Gasteiger partial charge on any atom is -0.477 e. The van der Waals surface area contributed by atoms with Crippen LogP contribution < -0.4 is 0 Å². The van der Waals surface area contributed by atoms with Gasteiger partial charge in [0.2, 0.25) is 0 Å². The zero-order valence-corrected chi connectivity index (χ0v) is 10.8. The van der Waals surface area contributed by atoms with Crippen molar-refractivity contribution in [2.24, 2.45) is 5.92 Å². The van der Waals surface area contributed by atoms with E-state index in [-0.39, 0.29) is 17.3 Å². The molecule has 7 heteroatoms. The van der Waals surface area contributed by atoms with Gasteiger partial charge in [-0.2, -0.15) is 0 Å². The number of hydrogen-bond acceptors (Lipinski definition) is 4. The molecule has 2 heterocycles. The van der Waals surface area contributed by atoms with E-state index in [2.05, 4.69) is 9.97 Å². The summed E-state index contributed by atoms with van der Waals surface area (Å²) >= 11 is 0. The van der Waals surface area contributed by atoms with Crippen LogP contribution in [0.15, 0.2) is 6.33 Å². The third-order valence-corrected chi connectivity index (χ3v) is 3.36. The molecule has 0 spiro atoms. The van der Waals surface area contributed by atoms with Crippen molar-refractivity contribution in [1.82, 2.24) is 14.9 Å². The van der Waals surface area contributed by atoms with Gasteiger partial charge in [-0.25, -0.2) is 9.78 Å². The molecular weight excluding hydrogens is 250 g/mol. The molecule has 19 heavy (non-hydrogen) atoms. The molecule has 7 nitrogen and oxygen atoms in total. The lowest BCUT2D eigenvalue weighted by atomic mass is 9.97. The van der Waals surface area contributed by atoms with Gasteiger partial charge in [-0.3, -0.25) is 4.79 Å². The third-order valence-electron chi connectivity index (χ3n) is 3.36. The third kappa shape index (κ3) is 2.93. The Balaban J connectivity index is 2.01. The summed E-state index contributed by atoms with van der Waals surface area (Å²) < 4.78 is 5.10. The molecule has 0 atom stereocenters. The number of carboxylic acid groups (broad SMARTS) is 1. The molecule has 1 fully saturated rings. The van der Waals surface area contributed by atoms with Gasteiger partial charge in [0.05, 0.1) is 6.33 Å². The predicted molar refractivity (Wildman–Crippen MR) is 66.1 cm³/mol. The number of nitrogens with one attached hydrogen (secondary N) is 1. The number of amides is 1. The van der Waals surface area contributed by atoms with E-state index in [9.17, 15) is 9.59 Å². The van der Waals surface area contributed by atoms with E-state index in [1.807, 2.05) is 0 Å². The molecule has 1 amide bonds. The summed E-state index contributed by atoms with van der Waals surface area (Å²) in [7, 11) is 1.67. The van der Waals surface area contributed by atoms with Crippen LogP contribution in [0.2, 0.25) is 0 Å². The number of ether oxygens (including phenoxy) is 1. The van der Waals surface area contributed by atoms with Gasteiger partial charge in [-0.1, -0.05) is 0 Å². The van der Waals surface area contributed by atoms with Gasteiger partial charge >= 0.3 is 5.97 Å². The van der Waals surface area contributed by atoms with Crippen molar-refractivity contribution >= 4 is 11.9 Å². The van der Waals surface area contributed by atoms with Crippen LogP contribution in [-0.2, 0) is 4.74 Å². The molecule has 2 N–H and O–H groups in total. The van der Waals surface area contributed by atoms with Crippen LogP contribution in [0.25, 0.3) is 0 Å². The number of aromatic nitrogens is 2. The molecule has 0 aromatic carbocycles. The van der Waals surface area contributed by atoms with Gasteiger partial charge in [0.25, 0.3) is 5.91 Å². The molecule has 1 aliphatic heterocycles. The molecule has 0 bridgehead atoms. The quantitative estimate of drug-likeness (QED) is 0.833. The fourth-order valence-electron chi connectivity index (χ4n) is 2.31. The Hall–Kier alpha value is -1.89. The number of H-pyrrole nitrogens is 1. The lowest BCUT2D eigenvalue weighted by molar-refractivity contribution is 0.0592. The summed E-state index contributed by atoms with van der Waals surface area (Å²) in [6.45, 7) is 1.92. The fourth-order valence-corrected chi connectivity index (χ4v) is 2.31. The van der Waals surface area contributed by atoms with Gasteiger partial charge in [0.15, 0.2) is 11.4 Å². The van der Waals surface area contributed by atoms with Crippen molar-refractivity contribution in [3.8, 4) is 0 Å². The molecule has 1 aromatic rings. The highest BCUT2D eigenvalue weighted by atomic mass is 16.5. The zero-order valence-electron chi connectivity index (χ0n) is 10.8. The van der Waals surface area contributed by atoms with E-state index in [1.165, 1.54) is 6.33 Å². The first kappa shape index (κ1) is 13.5. The van der Waals surface area contributed by atoms with E-state index in [1.54, 1.807) is 12.0 Å². The van der Waals surface area contributed by atoms with Crippen LogP contribution in [0.5, 0.6) is 0 Å². The van der Waals surface area contributed by atoms with Crippen LogP contribution in [0.3, 0.4) is 0 Å². The minimum absolute atomic E-state index is 0.0160. The number of likely N-dealkylation sites (tertiary alicyclic amines) is 1. The summed E-state index contributed by atoms with van der Waals surface area (Å²) in [5.74, 6) is -1.03. The molecule has 0 saturated carbocycles. The lowest BCUT2D eigenvalue weighted by Gasteiger charge is -2.31. The highest BCUT2D eigenvalue weighted by Gasteiger charge is 2.28. The maximum atomic E-state index is 12.2. The predicted octanol–water partition coefficient (Wildman–Crippen LogP) is 0.606. The molecule has 104 valence electrons. The van der Waals surface area contributed by atoms with E-state index < -0.39 is 5.97 Å². The standard InChI is InChI=1S/C12H17N3O4/c1-19-6-8-2-4-15(5-3-8)11(16)9-10(12(17)18)14-7-13-9/h7-8H,2-6H2,1H3,(H,13,14)(H,17,18). The summed E-state index contributed by atoms with van der Waals surface area (Å²) in [6.07, 6.45) is 2.97.